The third-order valence-corrected chi connectivity index (χ3v) is 3.96. The molecule has 2 N–H and O–H groups in total. The lowest BCUT2D eigenvalue weighted by Crippen LogP contribution is -2.33. The Morgan fingerprint density at radius 2 is 2.26 bits per heavy atom. The van der Waals surface area contributed by atoms with Gasteiger partial charge in [-0.3, -0.25) is 9.78 Å². The average Bonchev–Trinajstić information content (AvgIpc) is 2.66. The van der Waals surface area contributed by atoms with Crippen LogP contribution in [0.5, 0.6) is 0 Å². The van der Waals surface area contributed by atoms with Crippen LogP contribution in [0.2, 0.25) is 0 Å². The van der Waals surface area contributed by atoms with Crippen molar-refractivity contribution in [3.8, 4) is 0 Å². The van der Waals surface area contributed by atoms with Gasteiger partial charge in [-0.2, -0.15) is 0 Å². The van der Waals surface area contributed by atoms with Crippen molar-refractivity contribution in [2.45, 2.75) is 39.0 Å². The van der Waals surface area contributed by atoms with Gasteiger partial charge < -0.3 is 10.6 Å². The number of pyridine rings is 1. The molecule has 2 rings (SSSR count). The van der Waals surface area contributed by atoms with Crippen LogP contribution in [0, 0.1) is 5.92 Å². The summed E-state index contributed by atoms with van der Waals surface area (Å²) in [5, 5.41) is 0. The van der Waals surface area contributed by atoms with Crippen LogP contribution in [0.4, 0.5) is 5.69 Å². The molecule has 0 aliphatic carbocycles. The van der Waals surface area contributed by atoms with Gasteiger partial charge in [0.25, 0.3) is 0 Å². The lowest BCUT2D eigenvalue weighted by molar-refractivity contribution is -0.130. The Bertz CT molecular complexity index is 416. The third kappa shape index (κ3) is 3.94. The third-order valence-electron chi connectivity index (χ3n) is 3.96. The Balaban J connectivity index is 1.90. The molecule has 1 aromatic rings. The predicted octanol–water partition coefficient (Wildman–Crippen LogP) is 2.25. The van der Waals surface area contributed by atoms with E-state index in [0.717, 1.165) is 37.5 Å². The van der Waals surface area contributed by atoms with Gasteiger partial charge in [0.2, 0.25) is 5.91 Å². The van der Waals surface area contributed by atoms with Gasteiger partial charge in [0.05, 0.1) is 18.3 Å². The Kier molecular flexibility index (Phi) is 4.77. The SMILES string of the molecule is CCC1CCCN(C(=O)Cc2ccc(N)cn2)CC1. The van der Waals surface area contributed by atoms with Crippen LogP contribution in [0.15, 0.2) is 18.3 Å². The highest BCUT2D eigenvalue weighted by Gasteiger charge is 2.19. The van der Waals surface area contributed by atoms with Crippen molar-refractivity contribution < 1.29 is 4.79 Å². The fourth-order valence-corrected chi connectivity index (χ4v) is 2.63. The summed E-state index contributed by atoms with van der Waals surface area (Å²) in [5.41, 5.74) is 7.03. The highest BCUT2D eigenvalue weighted by molar-refractivity contribution is 5.78. The number of hydrogen-bond donors (Lipinski definition) is 1. The normalized spacial score (nSPS) is 20.1. The number of amides is 1. The highest BCUT2D eigenvalue weighted by Crippen LogP contribution is 2.20. The van der Waals surface area contributed by atoms with Crippen molar-refractivity contribution in [2.75, 3.05) is 18.8 Å². The molecule has 2 heterocycles. The summed E-state index contributed by atoms with van der Waals surface area (Å²) >= 11 is 0. The van der Waals surface area contributed by atoms with E-state index < -0.39 is 0 Å². The van der Waals surface area contributed by atoms with E-state index in [1.165, 1.54) is 12.8 Å². The number of nitrogens with zero attached hydrogens (tertiary/aromatic N) is 2. The van der Waals surface area contributed by atoms with Gasteiger partial charge in [0.1, 0.15) is 0 Å². The first-order valence-electron chi connectivity index (χ1n) is 7.17. The van der Waals surface area contributed by atoms with Crippen LogP contribution < -0.4 is 5.73 Å². The topological polar surface area (TPSA) is 59.2 Å². The molecule has 1 aliphatic rings. The molecule has 1 saturated heterocycles. The highest BCUT2D eigenvalue weighted by atomic mass is 16.2. The van der Waals surface area contributed by atoms with E-state index in [1.54, 1.807) is 12.3 Å². The van der Waals surface area contributed by atoms with Crippen molar-refractivity contribution in [3.63, 3.8) is 0 Å². The number of aromatic nitrogens is 1. The standard InChI is InChI=1S/C15H23N3O/c1-2-12-4-3-8-18(9-7-12)15(19)10-14-6-5-13(16)11-17-14/h5-6,11-12H,2-4,7-10,16H2,1H3. The van der Waals surface area contributed by atoms with Crippen LogP contribution >= 0.6 is 0 Å². The first kappa shape index (κ1) is 13.8. The van der Waals surface area contributed by atoms with Crippen LogP contribution in [0.3, 0.4) is 0 Å². The first-order chi connectivity index (χ1) is 9.19. The first-order valence-corrected chi connectivity index (χ1v) is 7.17. The van der Waals surface area contributed by atoms with Crippen LogP contribution in [-0.2, 0) is 11.2 Å². The molecule has 1 aliphatic heterocycles. The lowest BCUT2D eigenvalue weighted by atomic mass is 9.98. The molecule has 4 heteroatoms. The quantitative estimate of drug-likeness (QED) is 0.907. The molecule has 1 atom stereocenters. The van der Waals surface area contributed by atoms with Crippen molar-refractivity contribution in [1.82, 2.24) is 9.88 Å². The molecule has 1 aromatic heterocycles. The fourth-order valence-electron chi connectivity index (χ4n) is 2.63. The van der Waals surface area contributed by atoms with E-state index in [9.17, 15) is 4.79 Å². The number of carbonyl (C=O) groups excluding carboxylic acids is 1. The minimum Gasteiger partial charge on any atom is -0.397 e. The minimum atomic E-state index is 0.189. The summed E-state index contributed by atoms with van der Waals surface area (Å²) < 4.78 is 0. The van der Waals surface area contributed by atoms with E-state index in [1.807, 2.05) is 11.0 Å². The van der Waals surface area contributed by atoms with Crippen LogP contribution in [0.25, 0.3) is 0 Å². The number of nitrogens with two attached hydrogens (primary N) is 1. The molecule has 19 heavy (non-hydrogen) atoms. The number of rotatable bonds is 3. The molecule has 104 valence electrons. The van der Waals surface area contributed by atoms with E-state index >= 15 is 0 Å². The maximum atomic E-state index is 12.3. The molecule has 0 radical (unpaired) electrons. The minimum absolute atomic E-state index is 0.189. The number of nitrogen functional groups attached to an aromatic ring is 1. The maximum Gasteiger partial charge on any atom is 0.228 e. The molecule has 0 saturated carbocycles. The number of anilines is 1. The number of carbonyl (C=O) groups is 1. The second kappa shape index (κ2) is 6.55. The molecule has 0 bridgehead atoms. The van der Waals surface area contributed by atoms with Gasteiger partial charge in [-0.1, -0.05) is 13.3 Å². The van der Waals surface area contributed by atoms with E-state index in [2.05, 4.69) is 11.9 Å². The van der Waals surface area contributed by atoms with E-state index in [4.69, 9.17) is 5.73 Å². The Hall–Kier alpha value is -1.58. The van der Waals surface area contributed by atoms with Gasteiger partial charge in [-0.15, -0.1) is 0 Å². The van der Waals surface area contributed by atoms with E-state index in [-0.39, 0.29) is 5.91 Å². The van der Waals surface area contributed by atoms with Crippen molar-refractivity contribution >= 4 is 11.6 Å². The van der Waals surface area contributed by atoms with Gasteiger partial charge in [0.15, 0.2) is 0 Å². The van der Waals surface area contributed by atoms with Crippen molar-refractivity contribution in [1.29, 1.82) is 0 Å². The summed E-state index contributed by atoms with van der Waals surface area (Å²) in [4.78, 5) is 18.4. The Morgan fingerprint density at radius 3 is 2.95 bits per heavy atom. The zero-order valence-electron chi connectivity index (χ0n) is 11.6. The molecule has 1 amide bonds. The monoisotopic (exact) mass is 261 g/mol. The largest absolute Gasteiger partial charge is 0.397 e. The van der Waals surface area contributed by atoms with Crippen LogP contribution in [-0.4, -0.2) is 28.9 Å². The van der Waals surface area contributed by atoms with Gasteiger partial charge in [-0.05, 0) is 37.3 Å². The summed E-state index contributed by atoms with van der Waals surface area (Å²) in [7, 11) is 0. The lowest BCUT2D eigenvalue weighted by Gasteiger charge is -2.20. The van der Waals surface area contributed by atoms with Crippen molar-refractivity contribution in [2.24, 2.45) is 5.92 Å². The molecule has 0 spiro atoms. The number of hydrogen-bond acceptors (Lipinski definition) is 3. The zero-order valence-corrected chi connectivity index (χ0v) is 11.6. The molecule has 1 unspecified atom stereocenters. The fraction of sp³-hybridized carbons (Fsp3) is 0.600. The average molecular weight is 261 g/mol. The van der Waals surface area contributed by atoms with Gasteiger partial charge in [-0.25, -0.2) is 0 Å². The molecule has 1 fully saturated rings. The van der Waals surface area contributed by atoms with Gasteiger partial charge in [0, 0.05) is 18.8 Å². The van der Waals surface area contributed by atoms with Gasteiger partial charge >= 0.3 is 0 Å². The predicted molar refractivity (Wildman–Crippen MR) is 76.6 cm³/mol. The molecule has 4 nitrogen and oxygen atoms in total. The second-order valence-corrected chi connectivity index (χ2v) is 5.35. The molecular weight excluding hydrogens is 238 g/mol. The second-order valence-electron chi connectivity index (χ2n) is 5.35. The molecular formula is C15H23N3O. The van der Waals surface area contributed by atoms with Crippen LogP contribution in [0.1, 0.15) is 38.3 Å². The zero-order chi connectivity index (χ0) is 13.7. The smallest absolute Gasteiger partial charge is 0.228 e. The number of likely N-dealkylation sites (tertiary alicyclic amines) is 1. The maximum absolute atomic E-state index is 12.3. The van der Waals surface area contributed by atoms with E-state index in [0.29, 0.717) is 12.1 Å². The Labute approximate surface area is 115 Å². The molecule has 0 aromatic carbocycles. The Morgan fingerprint density at radius 1 is 1.42 bits per heavy atom. The summed E-state index contributed by atoms with van der Waals surface area (Å²) in [5.74, 6) is 0.974. The summed E-state index contributed by atoms with van der Waals surface area (Å²) in [6.45, 7) is 4.02. The summed E-state index contributed by atoms with van der Waals surface area (Å²) in [6.07, 6.45) is 6.73. The summed E-state index contributed by atoms with van der Waals surface area (Å²) in [6, 6.07) is 3.63. The van der Waals surface area contributed by atoms with Crippen molar-refractivity contribution in [3.05, 3.63) is 24.0 Å².